The van der Waals surface area contributed by atoms with Crippen LogP contribution in [0.15, 0.2) is 29.3 Å². The van der Waals surface area contributed by atoms with Crippen LogP contribution in [0.25, 0.3) is 0 Å². The van der Waals surface area contributed by atoms with E-state index in [-0.39, 0.29) is 24.0 Å². The maximum atomic E-state index is 4.31. The summed E-state index contributed by atoms with van der Waals surface area (Å²) in [5, 5.41) is 6.84. The third-order valence-electron chi connectivity index (χ3n) is 4.56. The van der Waals surface area contributed by atoms with Crippen molar-refractivity contribution in [2.45, 2.75) is 52.5 Å². The molecule has 0 aliphatic carbocycles. The van der Waals surface area contributed by atoms with E-state index in [1.54, 1.807) is 0 Å². The van der Waals surface area contributed by atoms with E-state index in [0.29, 0.717) is 12.0 Å². The molecule has 1 unspecified atom stereocenters. The minimum absolute atomic E-state index is 0. The second-order valence-corrected chi connectivity index (χ2v) is 6.97. The van der Waals surface area contributed by atoms with Gasteiger partial charge in [-0.25, -0.2) is 0 Å². The Morgan fingerprint density at radius 2 is 1.72 bits per heavy atom. The van der Waals surface area contributed by atoms with Crippen LogP contribution >= 0.6 is 24.0 Å². The van der Waals surface area contributed by atoms with Crippen molar-refractivity contribution < 1.29 is 0 Å². The molecule has 1 aromatic carbocycles. The maximum Gasteiger partial charge on any atom is 0.190 e. The van der Waals surface area contributed by atoms with Gasteiger partial charge in [-0.3, -0.25) is 4.99 Å². The van der Waals surface area contributed by atoms with Crippen molar-refractivity contribution in [1.29, 1.82) is 0 Å². The maximum absolute atomic E-state index is 4.31. The zero-order valence-corrected chi connectivity index (χ0v) is 19.1. The number of aliphatic imine (C=N–C) groups is 1. The van der Waals surface area contributed by atoms with Crippen LogP contribution in [-0.4, -0.2) is 50.6 Å². The molecular formula is C20H37IN4. The summed E-state index contributed by atoms with van der Waals surface area (Å²) in [6, 6.07) is 9.39. The molecule has 144 valence electrons. The summed E-state index contributed by atoms with van der Waals surface area (Å²) in [6.07, 6.45) is 2.36. The number of guanidine groups is 1. The SMILES string of the molecule is CN=C(NCCCCN(C)C(C)C)NCC(C)c1ccc(C)cc1.I. The Morgan fingerprint density at radius 1 is 1.08 bits per heavy atom. The van der Waals surface area contributed by atoms with Gasteiger partial charge in [0.05, 0.1) is 0 Å². The van der Waals surface area contributed by atoms with Gasteiger partial charge >= 0.3 is 0 Å². The topological polar surface area (TPSA) is 39.7 Å². The van der Waals surface area contributed by atoms with Crippen LogP contribution in [0.2, 0.25) is 0 Å². The average molecular weight is 460 g/mol. The Labute approximate surface area is 171 Å². The van der Waals surface area contributed by atoms with Crippen LogP contribution < -0.4 is 10.6 Å². The third-order valence-corrected chi connectivity index (χ3v) is 4.56. The molecule has 0 radical (unpaired) electrons. The van der Waals surface area contributed by atoms with Gasteiger partial charge in [-0.15, -0.1) is 24.0 Å². The number of halogens is 1. The Balaban J connectivity index is 0.00000576. The van der Waals surface area contributed by atoms with Gasteiger partial charge in [0.1, 0.15) is 0 Å². The van der Waals surface area contributed by atoms with E-state index >= 15 is 0 Å². The van der Waals surface area contributed by atoms with E-state index in [9.17, 15) is 0 Å². The number of benzene rings is 1. The molecule has 0 aliphatic rings. The first kappa shape index (κ1) is 24.2. The van der Waals surface area contributed by atoms with Gasteiger partial charge in [0, 0.05) is 26.2 Å². The standard InChI is InChI=1S/C20H36N4.HI/c1-16(2)24(6)14-8-7-13-22-20(21-5)23-15-18(4)19-11-9-17(3)10-12-19;/h9-12,16,18H,7-8,13-15H2,1-6H3,(H2,21,22,23);1H. The Morgan fingerprint density at radius 3 is 2.28 bits per heavy atom. The van der Waals surface area contributed by atoms with Crippen molar-refractivity contribution in [2.75, 3.05) is 33.7 Å². The minimum Gasteiger partial charge on any atom is -0.356 e. The minimum atomic E-state index is 0. The van der Waals surface area contributed by atoms with Crippen LogP contribution in [-0.2, 0) is 0 Å². The molecule has 2 N–H and O–H groups in total. The number of hydrogen-bond acceptors (Lipinski definition) is 2. The highest BCUT2D eigenvalue weighted by Gasteiger charge is 2.06. The highest BCUT2D eigenvalue weighted by molar-refractivity contribution is 14.0. The molecule has 0 bridgehead atoms. The lowest BCUT2D eigenvalue weighted by atomic mass is 10.0. The van der Waals surface area contributed by atoms with Crippen LogP contribution in [0.4, 0.5) is 0 Å². The lowest BCUT2D eigenvalue weighted by molar-refractivity contribution is 0.268. The molecule has 1 atom stereocenters. The first-order chi connectivity index (χ1) is 11.4. The van der Waals surface area contributed by atoms with E-state index in [2.05, 4.69) is 79.5 Å². The molecule has 25 heavy (non-hydrogen) atoms. The second-order valence-electron chi connectivity index (χ2n) is 6.97. The van der Waals surface area contributed by atoms with Crippen LogP contribution in [0.1, 0.15) is 50.7 Å². The molecule has 0 saturated heterocycles. The van der Waals surface area contributed by atoms with E-state index in [1.165, 1.54) is 17.5 Å². The van der Waals surface area contributed by atoms with Crippen LogP contribution in [0, 0.1) is 6.92 Å². The van der Waals surface area contributed by atoms with Gasteiger partial charge in [-0.1, -0.05) is 36.8 Å². The van der Waals surface area contributed by atoms with Gasteiger partial charge in [-0.05, 0) is 58.7 Å². The molecule has 1 rings (SSSR count). The molecular weight excluding hydrogens is 423 g/mol. The van der Waals surface area contributed by atoms with E-state index in [1.807, 2.05) is 7.05 Å². The van der Waals surface area contributed by atoms with Gasteiger partial charge in [0.2, 0.25) is 0 Å². The molecule has 4 nitrogen and oxygen atoms in total. The Bertz CT molecular complexity index is 485. The molecule has 0 fully saturated rings. The highest BCUT2D eigenvalue weighted by atomic mass is 127. The molecule has 5 heteroatoms. The average Bonchev–Trinajstić information content (AvgIpc) is 2.57. The van der Waals surface area contributed by atoms with Crippen molar-refractivity contribution in [3.05, 3.63) is 35.4 Å². The number of nitrogens with zero attached hydrogens (tertiary/aromatic N) is 2. The highest BCUT2D eigenvalue weighted by Crippen LogP contribution is 2.14. The van der Waals surface area contributed by atoms with E-state index < -0.39 is 0 Å². The largest absolute Gasteiger partial charge is 0.356 e. The van der Waals surface area contributed by atoms with Crippen LogP contribution in [0.5, 0.6) is 0 Å². The summed E-state index contributed by atoms with van der Waals surface area (Å²) >= 11 is 0. The predicted octanol–water partition coefficient (Wildman–Crippen LogP) is 4.00. The fraction of sp³-hybridized carbons (Fsp3) is 0.650. The first-order valence-electron chi connectivity index (χ1n) is 9.15. The summed E-state index contributed by atoms with van der Waals surface area (Å²) in [4.78, 5) is 6.70. The fourth-order valence-corrected chi connectivity index (χ4v) is 2.43. The van der Waals surface area contributed by atoms with E-state index in [4.69, 9.17) is 0 Å². The van der Waals surface area contributed by atoms with Crippen molar-refractivity contribution in [3.8, 4) is 0 Å². The first-order valence-corrected chi connectivity index (χ1v) is 9.15. The summed E-state index contributed by atoms with van der Waals surface area (Å²) in [5.74, 6) is 1.36. The predicted molar refractivity (Wildman–Crippen MR) is 121 cm³/mol. The molecule has 0 amide bonds. The fourth-order valence-electron chi connectivity index (χ4n) is 2.43. The molecule has 1 aromatic rings. The molecule has 0 aliphatic heterocycles. The van der Waals surface area contributed by atoms with Gasteiger partial charge in [-0.2, -0.15) is 0 Å². The van der Waals surface area contributed by atoms with Gasteiger partial charge < -0.3 is 15.5 Å². The summed E-state index contributed by atoms with van der Waals surface area (Å²) in [5.41, 5.74) is 2.67. The lowest BCUT2D eigenvalue weighted by Gasteiger charge is -2.21. The van der Waals surface area contributed by atoms with E-state index in [0.717, 1.165) is 32.0 Å². The molecule has 0 aromatic heterocycles. The Hall–Kier alpha value is -0.820. The lowest BCUT2D eigenvalue weighted by Crippen LogP contribution is -2.39. The summed E-state index contributed by atoms with van der Waals surface area (Å²) < 4.78 is 0. The third kappa shape index (κ3) is 10.0. The van der Waals surface area contributed by atoms with Crippen molar-refractivity contribution >= 4 is 29.9 Å². The van der Waals surface area contributed by atoms with Crippen molar-refractivity contribution in [1.82, 2.24) is 15.5 Å². The van der Waals surface area contributed by atoms with Gasteiger partial charge in [0.15, 0.2) is 5.96 Å². The smallest absolute Gasteiger partial charge is 0.190 e. The number of nitrogens with one attached hydrogen (secondary N) is 2. The Kier molecular flexibility index (Phi) is 13.0. The van der Waals surface area contributed by atoms with Gasteiger partial charge in [0.25, 0.3) is 0 Å². The quantitative estimate of drug-likeness (QED) is 0.253. The molecule has 0 saturated carbocycles. The summed E-state index contributed by atoms with van der Waals surface area (Å²) in [7, 11) is 4.02. The number of hydrogen-bond donors (Lipinski definition) is 2. The second kappa shape index (κ2) is 13.4. The number of unbranched alkanes of at least 4 members (excludes halogenated alkanes) is 1. The number of rotatable bonds is 9. The summed E-state index contributed by atoms with van der Waals surface area (Å²) in [6.45, 7) is 11.8. The zero-order chi connectivity index (χ0) is 17.9. The molecule has 0 heterocycles. The number of aryl methyl sites for hydroxylation is 1. The molecule has 0 spiro atoms. The normalized spacial score (nSPS) is 12.9. The van der Waals surface area contributed by atoms with Crippen LogP contribution in [0.3, 0.4) is 0 Å². The van der Waals surface area contributed by atoms with Crippen molar-refractivity contribution in [3.63, 3.8) is 0 Å². The zero-order valence-electron chi connectivity index (χ0n) is 16.8. The monoisotopic (exact) mass is 460 g/mol. The van der Waals surface area contributed by atoms with Crippen molar-refractivity contribution in [2.24, 2.45) is 4.99 Å².